The number of hydrogen-bond acceptors (Lipinski definition) is 2. The van der Waals surface area contributed by atoms with Gasteiger partial charge in [0.25, 0.3) is 0 Å². The lowest BCUT2D eigenvalue weighted by Gasteiger charge is -2.01. The van der Waals surface area contributed by atoms with E-state index in [9.17, 15) is 13.2 Å². The molecular formula is C6H15F3NO3S+. The van der Waals surface area contributed by atoms with Gasteiger partial charge in [-0.15, -0.1) is 0 Å². The van der Waals surface area contributed by atoms with Crippen LogP contribution in [0.2, 0.25) is 0 Å². The molecule has 0 aliphatic carbocycles. The molecule has 8 heteroatoms. The van der Waals surface area contributed by atoms with Crippen molar-refractivity contribution >= 4 is 10.1 Å². The van der Waals surface area contributed by atoms with E-state index in [2.05, 4.69) is 21.0 Å². The van der Waals surface area contributed by atoms with Crippen LogP contribution in [-0.4, -0.2) is 39.1 Å². The third-order valence-corrected chi connectivity index (χ3v) is 1.63. The molecule has 0 aromatic heterocycles. The Morgan fingerprint density at radius 3 is 1.57 bits per heavy atom. The van der Waals surface area contributed by atoms with Gasteiger partial charge in [-0.05, 0) is 6.42 Å². The van der Waals surface area contributed by atoms with Crippen molar-refractivity contribution in [2.75, 3.05) is 20.6 Å². The Kier molecular flexibility index (Phi) is 7.13. The molecule has 88 valence electrons. The molecule has 0 aromatic rings. The third kappa shape index (κ3) is 9.75. The van der Waals surface area contributed by atoms with E-state index < -0.39 is 15.6 Å². The van der Waals surface area contributed by atoms with Crippen molar-refractivity contribution in [2.24, 2.45) is 0 Å². The van der Waals surface area contributed by atoms with E-state index in [0.29, 0.717) is 0 Å². The summed E-state index contributed by atoms with van der Waals surface area (Å²) >= 11 is 0. The smallest absolute Gasteiger partial charge is 0.340 e. The lowest BCUT2D eigenvalue weighted by atomic mass is 10.5. The van der Waals surface area contributed by atoms with E-state index in [1.165, 1.54) is 17.9 Å². The number of hydrogen-bond donors (Lipinski definition) is 2. The third-order valence-electron chi connectivity index (χ3n) is 1.04. The van der Waals surface area contributed by atoms with Crippen molar-refractivity contribution in [3.8, 4) is 0 Å². The second-order valence-corrected chi connectivity index (χ2v) is 4.29. The maximum atomic E-state index is 10.7. The van der Waals surface area contributed by atoms with Crippen LogP contribution >= 0.6 is 0 Å². The second-order valence-electron chi connectivity index (χ2n) is 2.88. The Bertz CT molecular complexity index is 235. The molecule has 14 heavy (non-hydrogen) atoms. The fourth-order valence-electron chi connectivity index (χ4n) is 0.500. The number of alkyl halides is 3. The lowest BCUT2D eigenvalue weighted by Crippen LogP contribution is -3.05. The quantitative estimate of drug-likeness (QED) is 0.523. The summed E-state index contributed by atoms with van der Waals surface area (Å²) in [6, 6.07) is 0. The fourth-order valence-corrected chi connectivity index (χ4v) is 0.500. The minimum Gasteiger partial charge on any atom is -0.340 e. The first kappa shape index (κ1) is 16.1. The van der Waals surface area contributed by atoms with Crippen LogP contribution in [0, 0.1) is 0 Å². The van der Waals surface area contributed by atoms with Gasteiger partial charge in [0.15, 0.2) is 0 Å². The molecule has 0 saturated carbocycles. The average Bonchev–Trinajstić information content (AvgIpc) is 1.82. The number of rotatable bonds is 2. The second kappa shape index (κ2) is 6.20. The maximum absolute atomic E-state index is 10.7. The van der Waals surface area contributed by atoms with E-state index in [-0.39, 0.29) is 0 Å². The van der Waals surface area contributed by atoms with Crippen LogP contribution in [-0.2, 0) is 10.1 Å². The standard InChI is InChI=1S/C5H13N.CHF3O3S/c1-4-5-6(2)3;2-1(3,4)8(5,6)7/h4-5H2,1-3H3;(H,5,6,7)/p+1. The molecule has 0 aliphatic rings. The van der Waals surface area contributed by atoms with E-state index in [4.69, 9.17) is 13.0 Å². The van der Waals surface area contributed by atoms with Crippen molar-refractivity contribution in [1.29, 1.82) is 0 Å². The van der Waals surface area contributed by atoms with Crippen molar-refractivity contribution in [3.63, 3.8) is 0 Å². The molecule has 0 unspecified atom stereocenters. The van der Waals surface area contributed by atoms with Gasteiger partial charge in [0.1, 0.15) is 0 Å². The largest absolute Gasteiger partial charge is 0.522 e. The molecule has 0 aliphatic heterocycles. The van der Waals surface area contributed by atoms with E-state index in [0.717, 1.165) is 0 Å². The highest BCUT2D eigenvalue weighted by molar-refractivity contribution is 7.86. The summed E-state index contributed by atoms with van der Waals surface area (Å²) in [6.07, 6.45) is 1.29. The summed E-state index contributed by atoms with van der Waals surface area (Å²) in [4.78, 5) is 1.54. The van der Waals surface area contributed by atoms with Crippen LogP contribution in [0.4, 0.5) is 13.2 Å². The summed E-state index contributed by atoms with van der Waals surface area (Å²) in [6.45, 7) is 3.49. The Labute approximate surface area is 81.5 Å². The van der Waals surface area contributed by atoms with Crippen LogP contribution in [0.1, 0.15) is 13.3 Å². The first-order valence-electron chi connectivity index (χ1n) is 3.85. The van der Waals surface area contributed by atoms with Crippen LogP contribution in [0.3, 0.4) is 0 Å². The number of nitrogens with one attached hydrogen (secondary N) is 1. The highest BCUT2D eigenvalue weighted by Crippen LogP contribution is 2.20. The van der Waals surface area contributed by atoms with Crippen LogP contribution in [0.25, 0.3) is 0 Å². The maximum Gasteiger partial charge on any atom is 0.522 e. The van der Waals surface area contributed by atoms with Gasteiger partial charge in [-0.3, -0.25) is 4.55 Å². The molecule has 0 saturated heterocycles. The minimum absolute atomic E-state index is 1.29. The highest BCUT2D eigenvalue weighted by atomic mass is 32.2. The topological polar surface area (TPSA) is 58.8 Å². The molecule has 0 radical (unpaired) electrons. The van der Waals surface area contributed by atoms with Gasteiger partial charge in [0, 0.05) is 0 Å². The Balaban J connectivity index is 0. The first-order valence-corrected chi connectivity index (χ1v) is 5.29. The summed E-state index contributed by atoms with van der Waals surface area (Å²) in [7, 11) is -1.50. The first-order chi connectivity index (χ1) is 6.02. The molecule has 4 nitrogen and oxygen atoms in total. The van der Waals surface area contributed by atoms with Crippen LogP contribution < -0.4 is 4.90 Å². The molecule has 0 amide bonds. The Hall–Kier alpha value is -0.340. The van der Waals surface area contributed by atoms with Gasteiger partial charge in [-0.2, -0.15) is 21.6 Å². The SMILES string of the molecule is CCC[NH+](C)C.O=S(=O)(O)C(F)(F)F. The molecule has 0 rings (SSSR count). The van der Waals surface area contributed by atoms with E-state index >= 15 is 0 Å². The Morgan fingerprint density at radius 1 is 1.29 bits per heavy atom. The van der Waals surface area contributed by atoms with Crippen LogP contribution in [0.5, 0.6) is 0 Å². The summed E-state index contributed by atoms with van der Waals surface area (Å²) < 4.78 is 57.5. The summed E-state index contributed by atoms with van der Waals surface area (Å²) in [5, 5.41) is 0. The van der Waals surface area contributed by atoms with Gasteiger partial charge < -0.3 is 4.90 Å². The average molecular weight is 238 g/mol. The lowest BCUT2D eigenvalue weighted by molar-refractivity contribution is -0.858. The minimum atomic E-state index is -5.84. The van der Waals surface area contributed by atoms with Crippen molar-refractivity contribution < 1.29 is 31.0 Å². The molecule has 0 atom stereocenters. The molecule has 0 bridgehead atoms. The van der Waals surface area contributed by atoms with Gasteiger partial charge in [-0.25, -0.2) is 0 Å². The number of halogens is 3. The van der Waals surface area contributed by atoms with E-state index in [1.807, 2.05) is 0 Å². The zero-order chi connectivity index (χ0) is 12.0. The van der Waals surface area contributed by atoms with Crippen LogP contribution in [0.15, 0.2) is 0 Å². The summed E-state index contributed by atoms with van der Waals surface area (Å²) in [5.74, 6) is 0. The zero-order valence-electron chi connectivity index (χ0n) is 8.22. The highest BCUT2D eigenvalue weighted by Gasteiger charge is 2.44. The molecule has 0 heterocycles. The number of quaternary nitrogens is 1. The van der Waals surface area contributed by atoms with Crippen molar-refractivity contribution in [3.05, 3.63) is 0 Å². The summed E-state index contributed by atoms with van der Waals surface area (Å²) in [5.41, 5.74) is -5.53. The fraction of sp³-hybridized carbons (Fsp3) is 1.00. The van der Waals surface area contributed by atoms with Gasteiger partial charge in [0.05, 0.1) is 20.6 Å². The zero-order valence-corrected chi connectivity index (χ0v) is 9.04. The molecule has 0 aromatic carbocycles. The van der Waals surface area contributed by atoms with Gasteiger partial charge in [-0.1, -0.05) is 6.92 Å². The predicted octanol–water partition coefficient (Wildman–Crippen LogP) is -0.0651. The predicted molar refractivity (Wildman–Crippen MR) is 45.6 cm³/mol. The molecule has 0 fully saturated rings. The van der Waals surface area contributed by atoms with E-state index in [1.54, 1.807) is 0 Å². The Morgan fingerprint density at radius 2 is 1.57 bits per heavy atom. The molecule has 2 N–H and O–H groups in total. The molecule has 0 spiro atoms. The monoisotopic (exact) mass is 238 g/mol. The normalized spacial score (nSPS) is 12.3. The van der Waals surface area contributed by atoms with Crippen molar-refractivity contribution in [2.45, 2.75) is 18.9 Å². The van der Waals surface area contributed by atoms with Gasteiger partial charge in [0.2, 0.25) is 0 Å². The molecular weight excluding hydrogens is 223 g/mol. The van der Waals surface area contributed by atoms with Crippen molar-refractivity contribution in [1.82, 2.24) is 0 Å². The van der Waals surface area contributed by atoms with Gasteiger partial charge >= 0.3 is 15.6 Å².